The van der Waals surface area contributed by atoms with Gasteiger partial charge in [-0.25, -0.2) is 0 Å². The van der Waals surface area contributed by atoms with Crippen LogP contribution in [-0.2, 0) is 0 Å². The zero-order valence-electron chi connectivity index (χ0n) is 6.41. The van der Waals surface area contributed by atoms with E-state index < -0.39 is 0 Å². The summed E-state index contributed by atoms with van der Waals surface area (Å²) in [5.74, 6) is 0. The number of hydrogen-bond donors (Lipinski definition) is 1. The lowest BCUT2D eigenvalue weighted by Crippen LogP contribution is -2.05. The largest absolute Gasteiger partial charge is 0.384 e. The second kappa shape index (κ2) is 2.74. The maximum atomic E-state index is 3.94. The molecule has 0 aromatic carbocycles. The summed E-state index contributed by atoms with van der Waals surface area (Å²) >= 11 is 0. The molecule has 1 heterocycles. The quantitative estimate of drug-likeness (QED) is 0.580. The molecule has 0 saturated carbocycles. The average Bonchev–Trinajstić information content (AvgIpc) is 2.34. The number of allylic oxidation sites excluding steroid dienone is 3. The molecule has 10 heavy (non-hydrogen) atoms. The Kier molecular flexibility index (Phi) is 1.95. The van der Waals surface area contributed by atoms with E-state index in [0.29, 0.717) is 0 Å². The van der Waals surface area contributed by atoms with Crippen LogP contribution in [0, 0.1) is 0 Å². The highest BCUT2D eigenvalue weighted by Crippen LogP contribution is 2.19. The highest BCUT2D eigenvalue weighted by molar-refractivity contribution is 5.38. The van der Waals surface area contributed by atoms with Crippen molar-refractivity contribution in [3.05, 3.63) is 36.1 Å². The van der Waals surface area contributed by atoms with Gasteiger partial charge in [0.25, 0.3) is 0 Å². The van der Waals surface area contributed by atoms with E-state index in [0.717, 1.165) is 13.0 Å². The van der Waals surface area contributed by atoms with Crippen molar-refractivity contribution in [2.24, 2.45) is 0 Å². The molecule has 1 nitrogen and oxygen atoms in total. The lowest BCUT2D eigenvalue weighted by molar-refractivity contribution is 0.909. The molecule has 1 aliphatic heterocycles. The summed E-state index contributed by atoms with van der Waals surface area (Å²) in [5.41, 5.74) is 3.59. The lowest BCUT2D eigenvalue weighted by atomic mass is 10.1. The Morgan fingerprint density at radius 2 is 2.40 bits per heavy atom. The summed E-state index contributed by atoms with van der Waals surface area (Å²) in [6.07, 6.45) is 2.93. The molecule has 0 bridgehead atoms. The summed E-state index contributed by atoms with van der Waals surface area (Å²) in [6, 6.07) is 0. The number of hydrogen-bond acceptors (Lipinski definition) is 1. The molecular weight excluding hydrogens is 122 g/mol. The van der Waals surface area contributed by atoms with Gasteiger partial charge in [-0.3, -0.25) is 0 Å². The van der Waals surface area contributed by atoms with E-state index in [4.69, 9.17) is 0 Å². The van der Waals surface area contributed by atoms with E-state index in [9.17, 15) is 0 Å². The Morgan fingerprint density at radius 1 is 1.70 bits per heavy atom. The van der Waals surface area contributed by atoms with Gasteiger partial charge in [0.1, 0.15) is 0 Å². The average molecular weight is 135 g/mol. The third-order valence-corrected chi connectivity index (χ3v) is 1.78. The highest BCUT2D eigenvalue weighted by atomic mass is 14.9. The summed E-state index contributed by atoms with van der Waals surface area (Å²) < 4.78 is 0. The molecule has 1 fully saturated rings. The van der Waals surface area contributed by atoms with Gasteiger partial charge in [0.05, 0.1) is 0 Å². The van der Waals surface area contributed by atoms with Gasteiger partial charge < -0.3 is 5.32 Å². The first-order valence-electron chi connectivity index (χ1n) is 3.51. The van der Waals surface area contributed by atoms with Crippen LogP contribution in [0.2, 0.25) is 0 Å². The van der Waals surface area contributed by atoms with Crippen molar-refractivity contribution >= 4 is 0 Å². The van der Waals surface area contributed by atoms with Crippen LogP contribution in [0.4, 0.5) is 0 Å². The Labute approximate surface area is 62.1 Å². The maximum absolute atomic E-state index is 3.94. The summed E-state index contributed by atoms with van der Waals surface area (Å²) in [5, 5.41) is 3.27. The summed E-state index contributed by atoms with van der Waals surface area (Å²) in [4.78, 5) is 0. The van der Waals surface area contributed by atoms with Crippen molar-refractivity contribution in [3.63, 3.8) is 0 Å². The minimum Gasteiger partial charge on any atom is -0.384 e. The molecule has 0 spiro atoms. The van der Waals surface area contributed by atoms with Gasteiger partial charge in [-0.05, 0) is 24.5 Å². The predicted octanol–water partition coefficient (Wildman–Crippen LogP) is 2.00. The molecule has 1 saturated heterocycles. The third-order valence-electron chi connectivity index (χ3n) is 1.78. The minimum atomic E-state index is 1.03. The first-order chi connectivity index (χ1) is 4.75. The normalized spacial score (nSPS) is 22.3. The molecular formula is C9H13N. The Hall–Kier alpha value is -0.980. The lowest BCUT2D eigenvalue weighted by Gasteiger charge is -2.01. The molecule has 0 amide bonds. The zero-order valence-corrected chi connectivity index (χ0v) is 6.41. The maximum Gasteiger partial charge on any atom is 0.0397 e. The van der Waals surface area contributed by atoms with Crippen molar-refractivity contribution in [1.82, 2.24) is 5.32 Å². The standard InChI is InChI=1S/C9H13N/c1-4-7(2)9-8(3)5-6-10-9/h4,10H,1,3,5-6H2,2H3/b9-7+. The third kappa shape index (κ3) is 1.13. The molecule has 0 atom stereocenters. The van der Waals surface area contributed by atoms with Crippen molar-refractivity contribution in [2.45, 2.75) is 13.3 Å². The molecule has 1 heteroatoms. The molecule has 1 N–H and O–H groups in total. The van der Waals surface area contributed by atoms with Crippen LogP contribution in [0.3, 0.4) is 0 Å². The van der Waals surface area contributed by atoms with Gasteiger partial charge in [0, 0.05) is 12.2 Å². The fourth-order valence-electron chi connectivity index (χ4n) is 1.11. The van der Waals surface area contributed by atoms with E-state index in [1.807, 2.05) is 13.0 Å². The van der Waals surface area contributed by atoms with Crippen molar-refractivity contribution in [2.75, 3.05) is 6.54 Å². The Bertz CT molecular complexity index is 199. The smallest absolute Gasteiger partial charge is 0.0397 e. The molecule has 0 aromatic heterocycles. The van der Waals surface area contributed by atoms with Crippen LogP contribution in [0.5, 0.6) is 0 Å². The van der Waals surface area contributed by atoms with Gasteiger partial charge in [0.15, 0.2) is 0 Å². The van der Waals surface area contributed by atoms with Crippen LogP contribution >= 0.6 is 0 Å². The first kappa shape index (κ1) is 7.13. The molecule has 54 valence electrons. The highest BCUT2D eigenvalue weighted by Gasteiger charge is 2.10. The second-order valence-electron chi connectivity index (χ2n) is 2.54. The first-order valence-corrected chi connectivity index (χ1v) is 3.51. The van der Waals surface area contributed by atoms with Crippen LogP contribution in [0.1, 0.15) is 13.3 Å². The van der Waals surface area contributed by atoms with E-state index in [2.05, 4.69) is 18.5 Å². The zero-order chi connectivity index (χ0) is 7.56. The van der Waals surface area contributed by atoms with Gasteiger partial charge in [0.2, 0.25) is 0 Å². The van der Waals surface area contributed by atoms with E-state index >= 15 is 0 Å². The monoisotopic (exact) mass is 135 g/mol. The molecule has 0 radical (unpaired) electrons. The van der Waals surface area contributed by atoms with Gasteiger partial charge in [-0.1, -0.05) is 19.2 Å². The Morgan fingerprint density at radius 3 is 2.80 bits per heavy atom. The predicted molar refractivity (Wildman–Crippen MR) is 44.7 cm³/mol. The Balaban J connectivity index is 2.89. The van der Waals surface area contributed by atoms with Gasteiger partial charge in [-0.2, -0.15) is 0 Å². The minimum absolute atomic E-state index is 1.03. The number of nitrogens with one attached hydrogen (secondary N) is 1. The van der Waals surface area contributed by atoms with Crippen LogP contribution in [-0.4, -0.2) is 6.54 Å². The van der Waals surface area contributed by atoms with Gasteiger partial charge in [-0.15, -0.1) is 0 Å². The van der Waals surface area contributed by atoms with Gasteiger partial charge >= 0.3 is 0 Å². The number of rotatable bonds is 1. The fraction of sp³-hybridized carbons (Fsp3) is 0.333. The van der Waals surface area contributed by atoms with Crippen molar-refractivity contribution < 1.29 is 0 Å². The van der Waals surface area contributed by atoms with Crippen molar-refractivity contribution in [1.29, 1.82) is 0 Å². The molecule has 1 aliphatic rings. The molecule has 0 unspecified atom stereocenters. The molecule has 0 aliphatic carbocycles. The SMILES string of the molecule is C=C/C(C)=C1/NCCC1=C. The molecule has 1 rings (SSSR count). The van der Waals surface area contributed by atoms with E-state index in [1.165, 1.54) is 16.8 Å². The summed E-state index contributed by atoms with van der Waals surface area (Å²) in [7, 11) is 0. The second-order valence-corrected chi connectivity index (χ2v) is 2.54. The summed E-state index contributed by atoms with van der Waals surface area (Å²) in [6.45, 7) is 10.7. The topological polar surface area (TPSA) is 12.0 Å². The molecule has 0 aromatic rings. The van der Waals surface area contributed by atoms with E-state index in [1.54, 1.807) is 0 Å². The van der Waals surface area contributed by atoms with Crippen molar-refractivity contribution in [3.8, 4) is 0 Å². The van der Waals surface area contributed by atoms with Crippen LogP contribution < -0.4 is 5.32 Å². The van der Waals surface area contributed by atoms with Crippen LogP contribution in [0.15, 0.2) is 36.1 Å². The fourth-order valence-corrected chi connectivity index (χ4v) is 1.11. The van der Waals surface area contributed by atoms with E-state index in [-0.39, 0.29) is 0 Å². The van der Waals surface area contributed by atoms with Crippen LogP contribution in [0.25, 0.3) is 0 Å².